The van der Waals surface area contributed by atoms with E-state index in [1.807, 2.05) is 12.1 Å². The lowest BCUT2D eigenvalue weighted by molar-refractivity contribution is -0.122. The Morgan fingerprint density at radius 1 is 0.886 bits per heavy atom. The van der Waals surface area contributed by atoms with Crippen molar-refractivity contribution in [1.29, 1.82) is 0 Å². The van der Waals surface area contributed by atoms with Crippen LogP contribution < -0.4 is 24.4 Å². The van der Waals surface area contributed by atoms with E-state index in [0.29, 0.717) is 34.4 Å². The normalized spacial score (nSPS) is 14.7. The van der Waals surface area contributed by atoms with Gasteiger partial charge in [0, 0.05) is 5.02 Å². The predicted octanol–water partition coefficient (Wildman–Crippen LogP) is 4.60. The van der Waals surface area contributed by atoms with Gasteiger partial charge < -0.3 is 14.2 Å². The number of nitrogens with one attached hydrogen (secondary N) is 1. The Labute approximate surface area is 206 Å². The quantitative estimate of drug-likeness (QED) is 0.382. The van der Waals surface area contributed by atoms with Crippen LogP contribution >= 0.6 is 11.6 Å². The summed E-state index contributed by atoms with van der Waals surface area (Å²) in [7, 11) is 2.99. The average Bonchev–Trinajstić information content (AvgIpc) is 2.86. The minimum absolute atomic E-state index is 0.195. The number of halogens is 1. The third-order valence-electron chi connectivity index (χ3n) is 5.23. The molecule has 1 N–H and O–H groups in total. The van der Waals surface area contributed by atoms with Crippen molar-refractivity contribution in [2.75, 3.05) is 19.1 Å². The Kier molecular flexibility index (Phi) is 7.03. The van der Waals surface area contributed by atoms with E-state index in [1.165, 1.54) is 20.3 Å². The van der Waals surface area contributed by atoms with E-state index in [1.54, 1.807) is 54.6 Å². The topological polar surface area (TPSA) is 94.2 Å². The zero-order chi connectivity index (χ0) is 24.9. The molecule has 1 saturated heterocycles. The molecule has 0 radical (unpaired) electrons. The van der Waals surface area contributed by atoms with Crippen LogP contribution in [0.4, 0.5) is 10.5 Å². The molecule has 4 amide bonds. The lowest BCUT2D eigenvalue weighted by atomic mass is 10.1. The molecule has 8 nitrogen and oxygen atoms in total. The van der Waals surface area contributed by atoms with Gasteiger partial charge in [-0.3, -0.25) is 14.9 Å². The van der Waals surface area contributed by atoms with Crippen molar-refractivity contribution in [3.63, 3.8) is 0 Å². The van der Waals surface area contributed by atoms with E-state index in [2.05, 4.69) is 5.32 Å². The van der Waals surface area contributed by atoms with Crippen LogP contribution in [0.1, 0.15) is 11.1 Å². The fraction of sp³-hybridized carbons (Fsp3) is 0.115. The molecular formula is C26H21ClN2O6. The number of hydrogen-bond donors (Lipinski definition) is 1. The van der Waals surface area contributed by atoms with Gasteiger partial charge in [0.25, 0.3) is 11.8 Å². The van der Waals surface area contributed by atoms with Gasteiger partial charge in [0.1, 0.15) is 17.9 Å². The Balaban J connectivity index is 1.54. The summed E-state index contributed by atoms with van der Waals surface area (Å²) < 4.78 is 16.2. The van der Waals surface area contributed by atoms with E-state index in [9.17, 15) is 14.4 Å². The number of nitrogens with zero attached hydrogens (tertiary/aromatic N) is 1. The number of urea groups is 1. The predicted molar refractivity (Wildman–Crippen MR) is 131 cm³/mol. The van der Waals surface area contributed by atoms with Crippen molar-refractivity contribution in [3.8, 4) is 17.2 Å². The van der Waals surface area contributed by atoms with Crippen LogP contribution in [-0.2, 0) is 16.2 Å². The highest BCUT2D eigenvalue weighted by Gasteiger charge is 2.36. The number of benzene rings is 3. The van der Waals surface area contributed by atoms with Gasteiger partial charge >= 0.3 is 6.03 Å². The first-order chi connectivity index (χ1) is 16.9. The highest BCUT2D eigenvalue weighted by atomic mass is 35.5. The van der Waals surface area contributed by atoms with Crippen LogP contribution in [-0.4, -0.2) is 32.1 Å². The number of ether oxygens (including phenoxy) is 3. The Morgan fingerprint density at radius 2 is 1.57 bits per heavy atom. The third-order valence-corrected chi connectivity index (χ3v) is 5.49. The van der Waals surface area contributed by atoms with Crippen molar-refractivity contribution in [3.05, 3.63) is 88.5 Å². The molecular weight excluding hydrogens is 472 g/mol. The first-order valence-electron chi connectivity index (χ1n) is 10.5. The number of hydrogen-bond acceptors (Lipinski definition) is 6. The number of carbonyl (C=O) groups excluding carboxylic acids is 3. The summed E-state index contributed by atoms with van der Waals surface area (Å²) in [6, 6.07) is 17.8. The first kappa shape index (κ1) is 23.8. The number of amides is 4. The zero-order valence-electron chi connectivity index (χ0n) is 18.9. The SMILES string of the molecule is COc1ccc(/C=C2\C(=O)NC(=O)N(c3ccc(OCc4ccc(Cl)cc4)cc3)C2=O)cc1OC. The summed E-state index contributed by atoms with van der Waals surface area (Å²) in [6.07, 6.45) is 1.39. The molecule has 0 atom stereocenters. The van der Waals surface area contributed by atoms with Gasteiger partial charge in [-0.2, -0.15) is 0 Å². The molecule has 0 bridgehead atoms. The maximum absolute atomic E-state index is 13.1. The monoisotopic (exact) mass is 492 g/mol. The van der Waals surface area contributed by atoms with E-state index < -0.39 is 17.8 Å². The smallest absolute Gasteiger partial charge is 0.335 e. The standard InChI is InChI=1S/C26H21ClN2O6/c1-33-22-12-5-17(14-23(22)34-2)13-21-24(30)28-26(32)29(25(21)31)19-8-10-20(11-9-19)35-15-16-3-6-18(27)7-4-16/h3-14H,15H2,1-2H3,(H,28,30,32)/b21-13+. The van der Waals surface area contributed by atoms with Crippen LogP contribution in [0.3, 0.4) is 0 Å². The molecule has 0 spiro atoms. The van der Waals surface area contributed by atoms with Crippen molar-refractivity contribution < 1.29 is 28.6 Å². The van der Waals surface area contributed by atoms with Gasteiger partial charge in [-0.15, -0.1) is 0 Å². The second kappa shape index (κ2) is 10.3. The minimum atomic E-state index is -0.834. The van der Waals surface area contributed by atoms with Gasteiger partial charge in [-0.05, 0) is 65.7 Å². The molecule has 4 rings (SSSR count). The molecule has 0 saturated carbocycles. The molecule has 178 valence electrons. The lowest BCUT2D eigenvalue weighted by Gasteiger charge is -2.26. The lowest BCUT2D eigenvalue weighted by Crippen LogP contribution is -2.54. The van der Waals surface area contributed by atoms with Crippen molar-refractivity contribution in [2.24, 2.45) is 0 Å². The van der Waals surface area contributed by atoms with E-state index >= 15 is 0 Å². The van der Waals surface area contributed by atoms with Gasteiger partial charge in [-0.25, -0.2) is 9.69 Å². The van der Waals surface area contributed by atoms with Gasteiger partial charge in [-0.1, -0.05) is 29.8 Å². The van der Waals surface area contributed by atoms with Gasteiger partial charge in [0.2, 0.25) is 0 Å². The van der Waals surface area contributed by atoms with Crippen molar-refractivity contribution in [2.45, 2.75) is 6.61 Å². The fourth-order valence-corrected chi connectivity index (χ4v) is 3.57. The van der Waals surface area contributed by atoms with E-state index in [-0.39, 0.29) is 11.3 Å². The van der Waals surface area contributed by atoms with E-state index in [4.69, 9.17) is 25.8 Å². The van der Waals surface area contributed by atoms with Crippen LogP contribution in [0.25, 0.3) is 6.08 Å². The summed E-state index contributed by atoms with van der Waals surface area (Å²) in [5, 5.41) is 2.85. The Hall–Kier alpha value is -4.30. The number of methoxy groups -OCH3 is 2. The Morgan fingerprint density at radius 3 is 2.23 bits per heavy atom. The third kappa shape index (κ3) is 5.28. The summed E-state index contributed by atoms with van der Waals surface area (Å²) in [5.74, 6) is -0.0417. The highest BCUT2D eigenvalue weighted by Crippen LogP contribution is 2.30. The minimum Gasteiger partial charge on any atom is -0.493 e. The summed E-state index contributed by atoms with van der Waals surface area (Å²) in [4.78, 5) is 39.0. The first-order valence-corrected chi connectivity index (χ1v) is 10.9. The number of anilines is 1. The van der Waals surface area contributed by atoms with Gasteiger partial charge in [0.05, 0.1) is 19.9 Å². The van der Waals surface area contributed by atoms with E-state index in [0.717, 1.165) is 10.5 Å². The molecule has 9 heteroatoms. The number of barbiturate groups is 1. The molecule has 1 aliphatic rings. The summed E-state index contributed by atoms with van der Waals surface area (Å²) >= 11 is 5.89. The number of imide groups is 2. The number of carbonyl (C=O) groups is 3. The molecule has 0 aromatic heterocycles. The largest absolute Gasteiger partial charge is 0.493 e. The highest BCUT2D eigenvalue weighted by molar-refractivity contribution is 6.39. The molecule has 35 heavy (non-hydrogen) atoms. The fourth-order valence-electron chi connectivity index (χ4n) is 3.44. The van der Waals surface area contributed by atoms with Gasteiger partial charge in [0.15, 0.2) is 11.5 Å². The maximum Gasteiger partial charge on any atom is 0.335 e. The molecule has 1 heterocycles. The zero-order valence-corrected chi connectivity index (χ0v) is 19.7. The molecule has 1 aliphatic heterocycles. The molecule has 3 aromatic carbocycles. The number of rotatable bonds is 7. The van der Waals surface area contributed by atoms with Crippen LogP contribution in [0, 0.1) is 0 Å². The Bertz CT molecular complexity index is 1300. The van der Waals surface area contributed by atoms with Crippen molar-refractivity contribution in [1.82, 2.24) is 5.32 Å². The average molecular weight is 493 g/mol. The molecule has 1 fully saturated rings. The molecule has 3 aromatic rings. The van der Waals surface area contributed by atoms with Crippen LogP contribution in [0.2, 0.25) is 5.02 Å². The van der Waals surface area contributed by atoms with Crippen LogP contribution in [0.5, 0.6) is 17.2 Å². The van der Waals surface area contributed by atoms with Crippen molar-refractivity contribution >= 4 is 41.2 Å². The second-order valence-corrected chi connectivity index (χ2v) is 7.92. The molecule has 0 aliphatic carbocycles. The molecule has 0 unspecified atom stereocenters. The second-order valence-electron chi connectivity index (χ2n) is 7.48. The van der Waals surface area contributed by atoms with Crippen LogP contribution in [0.15, 0.2) is 72.3 Å². The maximum atomic E-state index is 13.1. The summed E-state index contributed by atoms with van der Waals surface area (Å²) in [5.41, 5.74) is 1.56. The summed E-state index contributed by atoms with van der Waals surface area (Å²) in [6.45, 7) is 0.326.